The van der Waals surface area contributed by atoms with Crippen LogP contribution in [0.1, 0.15) is 19.3 Å². The van der Waals surface area contributed by atoms with Crippen LogP contribution in [0.15, 0.2) is 24.0 Å². The fourth-order valence-corrected chi connectivity index (χ4v) is 0.975. The Kier molecular flexibility index (Phi) is 3.25. The lowest BCUT2D eigenvalue weighted by molar-refractivity contribution is -0.141. The van der Waals surface area contributed by atoms with Gasteiger partial charge < -0.3 is 10.5 Å². The molecule has 0 bridgehead atoms. The smallest absolute Gasteiger partial charge is 0.320 e. The largest absolute Gasteiger partial charge is 0.427 e. The highest BCUT2D eigenvalue weighted by Crippen LogP contribution is 2.11. The van der Waals surface area contributed by atoms with E-state index in [1.54, 1.807) is 12.2 Å². The fourth-order valence-electron chi connectivity index (χ4n) is 0.975. The van der Waals surface area contributed by atoms with Crippen LogP contribution in [0.3, 0.4) is 0 Å². The van der Waals surface area contributed by atoms with E-state index in [1.807, 2.05) is 6.08 Å². The predicted molar refractivity (Wildman–Crippen MR) is 46.4 cm³/mol. The third kappa shape index (κ3) is 3.55. The molecule has 13 heavy (non-hydrogen) atoms. The molecule has 0 heterocycles. The molecule has 1 rings (SSSR count). The Balaban J connectivity index is 2.40. The minimum Gasteiger partial charge on any atom is -0.427 e. The van der Waals surface area contributed by atoms with Crippen LogP contribution in [-0.4, -0.2) is 11.9 Å². The summed E-state index contributed by atoms with van der Waals surface area (Å²) < 4.78 is 4.84. The Morgan fingerprint density at radius 3 is 2.77 bits per heavy atom. The molecule has 0 aliphatic heterocycles. The van der Waals surface area contributed by atoms with Crippen LogP contribution < -0.4 is 5.73 Å². The topological polar surface area (TPSA) is 69.4 Å². The fraction of sp³-hybridized carbons (Fsp3) is 0.333. The van der Waals surface area contributed by atoms with Crippen molar-refractivity contribution in [2.75, 3.05) is 0 Å². The number of ether oxygens (including phenoxy) is 1. The summed E-state index contributed by atoms with van der Waals surface area (Å²) in [6, 6.07) is 0. The second kappa shape index (κ2) is 4.45. The van der Waals surface area contributed by atoms with Crippen LogP contribution in [0.4, 0.5) is 0 Å². The Hall–Kier alpha value is -1.58. The van der Waals surface area contributed by atoms with Crippen molar-refractivity contribution in [2.24, 2.45) is 5.73 Å². The highest BCUT2D eigenvalue weighted by Gasteiger charge is 2.09. The summed E-state index contributed by atoms with van der Waals surface area (Å²) in [6.07, 6.45) is 6.87. The molecule has 2 N–H and O–H groups in total. The molecule has 0 aromatic carbocycles. The molecule has 0 aromatic heterocycles. The van der Waals surface area contributed by atoms with Gasteiger partial charge in [-0.1, -0.05) is 6.08 Å². The van der Waals surface area contributed by atoms with Crippen LogP contribution in [-0.2, 0) is 14.3 Å². The van der Waals surface area contributed by atoms with E-state index in [9.17, 15) is 9.59 Å². The van der Waals surface area contributed by atoms with Crippen LogP contribution in [0.2, 0.25) is 0 Å². The summed E-state index contributed by atoms with van der Waals surface area (Å²) in [6.45, 7) is 0. The van der Waals surface area contributed by atoms with Gasteiger partial charge in [-0.2, -0.15) is 0 Å². The molecule has 4 heteroatoms. The van der Waals surface area contributed by atoms with Crippen molar-refractivity contribution in [3.8, 4) is 0 Å². The summed E-state index contributed by atoms with van der Waals surface area (Å²) in [5.41, 5.74) is 4.82. The van der Waals surface area contributed by atoms with E-state index in [1.165, 1.54) is 0 Å². The van der Waals surface area contributed by atoms with E-state index in [2.05, 4.69) is 0 Å². The van der Waals surface area contributed by atoms with E-state index >= 15 is 0 Å². The van der Waals surface area contributed by atoms with Gasteiger partial charge in [-0.25, -0.2) is 0 Å². The molecule has 0 atom stereocenters. The number of carbonyl (C=O) groups is 2. The Labute approximate surface area is 76.1 Å². The molecule has 0 spiro atoms. The molecule has 0 radical (unpaired) electrons. The van der Waals surface area contributed by atoms with E-state index in [0.29, 0.717) is 5.76 Å². The average Bonchev–Trinajstić information content (AvgIpc) is 2.04. The number of hydrogen-bond donors (Lipinski definition) is 1. The average molecular weight is 181 g/mol. The van der Waals surface area contributed by atoms with Gasteiger partial charge in [0.2, 0.25) is 5.91 Å². The van der Waals surface area contributed by atoms with Gasteiger partial charge in [-0.15, -0.1) is 0 Å². The van der Waals surface area contributed by atoms with Gasteiger partial charge in [-0.05, 0) is 25.0 Å². The Morgan fingerprint density at radius 2 is 2.23 bits per heavy atom. The van der Waals surface area contributed by atoms with Crippen molar-refractivity contribution < 1.29 is 14.3 Å². The molecular weight excluding hydrogens is 170 g/mol. The van der Waals surface area contributed by atoms with E-state index < -0.39 is 11.9 Å². The normalized spacial score (nSPS) is 14.9. The zero-order valence-corrected chi connectivity index (χ0v) is 7.16. The highest BCUT2D eigenvalue weighted by molar-refractivity contribution is 5.93. The third-order valence-electron chi connectivity index (χ3n) is 1.51. The molecule has 0 saturated carbocycles. The van der Waals surface area contributed by atoms with E-state index in [4.69, 9.17) is 10.5 Å². The summed E-state index contributed by atoms with van der Waals surface area (Å²) in [4.78, 5) is 21.3. The second-order valence-corrected chi connectivity index (χ2v) is 2.70. The van der Waals surface area contributed by atoms with Crippen LogP contribution in [0.25, 0.3) is 0 Å². The van der Waals surface area contributed by atoms with Crippen LogP contribution in [0.5, 0.6) is 0 Å². The first-order valence-electron chi connectivity index (χ1n) is 4.04. The number of esters is 1. The van der Waals surface area contributed by atoms with E-state index in [-0.39, 0.29) is 6.42 Å². The molecule has 1 aliphatic carbocycles. The molecule has 1 amide bonds. The van der Waals surface area contributed by atoms with Crippen molar-refractivity contribution in [3.05, 3.63) is 24.0 Å². The molecule has 0 saturated heterocycles. The monoisotopic (exact) mass is 181 g/mol. The number of rotatable bonds is 3. The van der Waals surface area contributed by atoms with Crippen molar-refractivity contribution in [2.45, 2.75) is 19.3 Å². The number of carbonyl (C=O) groups excluding carboxylic acids is 2. The number of amides is 1. The lowest BCUT2D eigenvalue weighted by Crippen LogP contribution is -2.17. The van der Waals surface area contributed by atoms with Crippen molar-refractivity contribution in [1.29, 1.82) is 0 Å². The highest BCUT2D eigenvalue weighted by atomic mass is 16.5. The summed E-state index contributed by atoms with van der Waals surface area (Å²) in [5, 5.41) is 0. The predicted octanol–water partition coefficient (Wildman–Crippen LogP) is 0.639. The first-order chi connectivity index (χ1) is 6.18. The molecule has 4 nitrogen and oxygen atoms in total. The quantitative estimate of drug-likeness (QED) is 0.513. The molecule has 70 valence electrons. The number of hydrogen-bond acceptors (Lipinski definition) is 3. The molecule has 0 aromatic rings. The standard InChI is InChI=1S/C9H11NO3/c10-8(11)6-9(12)13-7-4-2-1-3-5-7/h2,4-5H,1,3,6H2,(H2,10,11). The van der Waals surface area contributed by atoms with Gasteiger partial charge in [0.15, 0.2) is 0 Å². The SMILES string of the molecule is NC(=O)CC(=O)OC1=CCCC=C1. The minimum absolute atomic E-state index is 0.370. The van der Waals surface area contributed by atoms with Crippen LogP contribution >= 0.6 is 0 Å². The second-order valence-electron chi connectivity index (χ2n) is 2.70. The molecule has 0 fully saturated rings. The van der Waals surface area contributed by atoms with Gasteiger partial charge in [0.05, 0.1) is 0 Å². The Bertz CT molecular complexity index is 279. The van der Waals surface area contributed by atoms with Crippen molar-refractivity contribution >= 4 is 11.9 Å². The van der Waals surface area contributed by atoms with Crippen LogP contribution in [0, 0.1) is 0 Å². The van der Waals surface area contributed by atoms with Gasteiger partial charge in [-0.3, -0.25) is 9.59 Å². The summed E-state index contributed by atoms with van der Waals surface area (Å²) in [5.74, 6) is -0.784. The lowest BCUT2D eigenvalue weighted by Gasteiger charge is -2.06. The van der Waals surface area contributed by atoms with Gasteiger partial charge in [0, 0.05) is 0 Å². The summed E-state index contributed by atoms with van der Waals surface area (Å²) >= 11 is 0. The zero-order valence-electron chi connectivity index (χ0n) is 7.16. The molecule has 0 unspecified atom stereocenters. The van der Waals surface area contributed by atoms with E-state index in [0.717, 1.165) is 12.8 Å². The Morgan fingerprint density at radius 1 is 1.46 bits per heavy atom. The maximum absolute atomic E-state index is 10.9. The minimum atomic E-state index is -0.676. The first-order valence-corrected chi connectivity index (χ1v) is 4.04. The van der Waals surface area contributed by atoms with Crippen molar-refractivity contribution in [1.82, 2.24) is 0 Å². The van der Waals surface area contributed by atoms with Gasteiger partial charge >= 0.3 is 5.97 Å². The molecular formula is C9H11NO3. The first kappa shape index (κ1) is 9.51. The maximum atomic E-state index is 10.9. The van der Waals surface area contributed by atoms with Gasteiger partial charge in [0.1, 0.15) is 12.2 Å². The number of primary amides is 1. The number of allylic oxidation sites excluding steroid dienone is 3. The third-order valence-corrected chi connectivity index (χ3v) is 1.51. The lowest BCUT2D eigenvalue weighted by atomic mass is 10.2. The van der Waals surface area contributed by atoms with Gasteiger partial charge in [0.25, 0.3) is 0 Å². The zero-order chi connectivity index (χ0) is 9.68. The number of nitrogens with two attached hydrogens (primary N) is 1. The molecule has 1 aliphatic rings. The summed E-state index contributed by atoms with van der Waals surface area (Å²) in [7, 11) is 0. The maximum Gasteiger partial charge on any atom is 0.320 e. The van der Waals surface area contributed by atoms with Crippen molar-refractivity contribution in [3.63, 3.8) is 0 Å².